The van der Waals surface area contributed by atoms with Gasteiger partial charge in [-0.25, -0.2) is 0 Å². The summed E-state index contributed by atoms with van der Waals surface area (Å²) in [6.07, 6.45) is 1.93. The van der Waals surface area contributed by atoms with Crippen molar-refractivity contribution in [3.05, 3.63) is 0 Å². The molecule has 1 aliphatic rings. The molecule has 0 aliphatic carbocycles. The zero-order chi connectivity index (χ0) is 12.8. The van der Waals surface area contributed by atoms with Crippen LogP contribution in [0.2, 0.25) is 0 Å². The molecule has 5 heteroatoms. The molecule has 1 atom stereocenters. The van der Waals surface area contributed by atoms with E-state index in [0.29, 0.717) is 32.4 Å². The molecule has 1 fully saturated rings. The van der Waals surface area contributed by atoms with E-state index in [0.717, 1.165) is 6.54 Å². The summed E-state index contributed by atoms with van der Waals surface area (Å²) in [4.78, 5) is 24.8. The fraction of sp³-hybridized carbons (Fsp3) is 0.833. The van der Waals surface area contributed by atoms with Crippen LogP contribution >= 0.6 is 0 Å². The monoisotopic (exact) mass is 241 g/mol. The van der Waals surface area contributed by atoms with Crippen LogP contribution in [0.5, 0.6) is 0 Å². The highest BCUT2D eigenvalue weighted by Crippen LogP contribution is 2.17. The number of carbonyl (C=O) groups excluding carboxylic acids is 2. The highest BCUT2D eigenvalue weighted by atomic mass is 16.2. The maximum absolute atomic E-state index is 11.9. The summed E-state index contributed by atoms with van der Waals surface area (Å²) in [5.41, 5.74) is 5.26. The number of primary amides is 1. The van der Waals surface area contributed by atoms with Gasteiger partial charge >= 0.3 is 0 Å². The van der Waals surface area contributed by atoms with Gasteiger partial charge in [0.15, 0.2) is 0 Å². The Morgan fingerprint density at radius 1 is 1.41 bits per heavy atom. The maximum Gasteiger partial charge on any atom is 0.224 e. The molecule has 0 saturated carbocycles. The first-order chi connectivity index (χ1) is 8.04. The van der Waals surface area contributed by atoms with Gasteiger partial charge in [-0.2, -0.15) is 0 Å². The predicted octanol–water partition coefficient (Wildman–Crippen LogP) is 0.0984. The van der Waals surface area contributed by atoms with Crippen LogP contribution in [-0.2, 0) is 9.59 Å². The van der Waals surface area contributed by atoms with E-state index in [4.69, 9.17) is 5.73 Å². The van der Waals surface area contributed by atoms with Crippen LogP contribution in [-0.4, -0.2) is 42.4 Å². The molecule has 1 aliphatic heterocycles. The molecule has 0 aromatic heterocycles. The number of hydrogen-bond donors (Lipinski definition) is 2. The van der Waals surface area contributed by atoms with Crippen LogP contribution < -0.4 is 11.1 Å². The summed E-state index contributed by atoms with van der Waals surface area (Å²) in [7, 11) is 0. The SMILES string of the molecule is CCNC(C)CC(=O)N1CCC(C(N)=O)CC1. The normalized spacial score (nSPS) is 19.1. The van der Waals surface area contributed by atoms with E-state index in [2.05, 4.69) is 5.32 Å². The van der Waals surface area contributed by atoms with Gasteiger partial charge in [0.1, 0.15) is 0 Å². The number of nitrogens with zero attached hydrogens (tertiary/aromatic N) is 1. The fourth-order valence-corrected chi connectivity index (χ4v) is 2.23. The minimum Gasteiger partial charge on any atom is -0.369 e. The van der Waals surface area contributed by atoms with Gasteiger partial charge < -0.3 is 16.0 Å². The van der Waals surface area contributed by atoms with Crippen molar-refractivity contribution in [2.45, 2.75) is 39.2 Å². The molecular weight excluding hydrogens is 218 g/mol. The molecule has 0 aromatic rings. The third kappa shape index (κ3) is 4.34. The fourth-order valence-electron chi connectivity index (χ4n) is 2.23. The van der Waals surface area contributed by atoms with Gasteiger partial charge in [-0.1, -0.05) is 6.92 Å². The number of carbonyl (C=O) groups is 2. The lowest BCUT2D eigenvalue weighted by Gasteiger charge is -2.31. The van der Waals surface area contributed by atoms with Crippen LogP contribution in [0.15, 0.2) is 0 Å². The van der Waals surface area contributed by atoms with Crippen molar-refractivity contribution in [2.75, 3.05) is 19.6 Å². The van der Waals surface area contributed by atoms with Crippen molar-refractivity contribution >= 4 is 11.8 Å². The van der Waals surface area contributed by atoms with Crippen molar-refractivity contribution in [2.24, 2.45) is 11.7 Å². The van der Waals surface area contributed by atoms with Gasteiger partial charge in [-0.3, -0.25) is 9.59 Å². The van der Waals surface area contributed by atoms with Gasteiger partial charge in [-0.05, 0) is 26.3 Å². The van der Waals surface area contributed by atoms with Crippen molar-refractivity contribution in [3.8, 4) is 0 Å². The Hall–Kier alpha value is -1.10. The van der Waals surface area contributed by atoms with E-state index < -0.39 is 0 Å². The van der Waals surface area contributed by atoms with Gasteiger partial charge in [0.25, 0.3) is 0 Å². The number of nitrogens with two attached hydrogens (primary N) is 1. The third-order valence-corrected chi connectivity index (χ3v) is 3.28. The number of amides is 2. The minimum absolute atomic E-state index is 0.0507. The summed E-state index contributed by atoms with van der Waals surface area (Å²) < 4.78 is 0. The molecule has 1 rings (SSSR count). The van der Waals surface area contributed by atoms with E-state index in [-0.39, 0.29) is 23.8 Å². The van der Waals surface area contributed by atoms with Crippen molar-refractivity contribution in [1.82, 2.24) is 10.2 Å². The molecule has 5 nitrogen and oxygen atoms in total. The van der Waals surface area contributed by atoms with Crippen LogP contribution in [0.1, 0.15) is 33.1 Å². The Kier molecular flexibility index (Phi) is 5.41. The molecule has 1 saturated heterocycles. The van der Waals surface area contributed by atoms with E-state index in [1.165, 1.54) is 0 Å². The summed E-state index contributed by atoms with van der Waals surface area (Å²) in [5, 5.41) is 3.22. The Morgan fingerprint density at radius 3 is 2.47 bits per heavy atom. The maximum atomic E-state index is 11.9. The average molecular weight is 241 g/mol. The quantitative estimate of drug-likeness (QED) is 0.716. The van der Waals surface area contributed by atoms with E-state index in [1.54, 1.807) is 0 Å². The van der Waals surface area contributed by atoms with Gasteiger partial charge in [-0.15, -0.1) is 0 Å². The van der Waals surface area contributed by atoms with Crippen LogP contribution in [0, 0.1) is 5.92 Å². The highest BCUT2D eigenvalue weighted by molar-refractivity contribution is 5.79. The topological polar surface area (TPSA) is 75.4 Å². The number of nitrogens with one attached hydrogen (secondary N) is 1. The second-order valence-corrected chi connectivity index (χ2v) is 4.72. The third-order valence-electron chi connectivity index (χ3n) is 3.28. The molecule has 0 spiro atoms. The Balaban J connectivity index is 2.33. The standard InChI is InChI=1S/C12H23N3O2/c1-3-14-9(2)8-11(16)15-6-4-10(5-7-15)12(13)17/h9-10,14H,3-8H2,1-2H3,(H2,13,17). The first-order valence-electron chi connectivity index (χ1n) is 6.35. The average Bonchev–Trinajstić information content (AvgIpc) is 2.29. The first kappa shape index (κ1) is 14.0. The summed E-state index contributed by atoms with van der Waals surface area (Å²) in [6.45, 7) is 6.23. The molecule has 17 heavy (non-hydrogen) atoms. The number of hydrogen-bond acceptors (Lipinski definition) is 3. The lowest BCUT2D eigenvalue weighted by Crippen LogP contribution is -2.43. The van der Waals surface area contributed by atoms with E-state index >= 15 is 0 Å². The highest BCUT2D eigenvalue weighted by Gasteiger charge is 2.26. The van der Waals surface area contributed by atoms with Gasteiger partial charge in [0.2, 0.25) is 11.8 Å². The Bertz CT molecular complexity index is 273. The second kappa shape index (κ2) is 6.59. The molecule has 2 amide bonds. The zero-order valence-corrected chi connectivity index (χ0v) is 10.7. The number of piperidine rings is 1. The zero-order valence-electron chi connectivity index (χ0n) is 10.7. The lowest BCUT2D eigenvalue weighted by atomic mass is 9.96. The van der Waals surface area contributed by atoms with Gasteiger partial charge in [0, 0.05) is 31.5 Å². The summed E-state index contributed by atoms with van der Waals surface area (Å²) in [5.74, 6) is -0.121. The largest absolute Gasteiger partial charge is 0.369 e. The van der Waals surface area contributed by atoms with Crippen molar-refractivity contribution in [3.63, 3.8) is 0 Å². The van der Waals surface area contributed by atoms with Crippen LogP contribution in [0.25, 0.3) is 0 Å². The Labute approximate surface area is 103 Å². The molecule has 0 bridgehead atoms. The molecule has 3 N–H and O–H groups in total. The molecule has 0 radical (unpaired) electrons. The molecular formula is C12H23N3O2. The summed E-state index contributed by atoms with van der Waals surface area (Å²) >= 11 is 0. The minimum atomic E-state index is -0.238. The summed E-state index contributed by atoms with van der Waals surface area (Å²) in [6, 6.07) is 0.210. The predicted molar refractivity (Wildman–Crippen MR) is 66.3 cm³/mol. The first-order valence-corrected chi connectivity index (χ1v) is 6.35. The van der Waals surface area contributed by atoms with Crippen LogP contribution in [0.3, 0.4) is 0 Å². The van der Waals surface area contributed by atoms with Gasteiger partial charge in [0.05, 0.1) is 0 Å². The molecule has 98 valence electrons. The molecule has 0 aromatic carbocycles. The lowest BCUT2D eigenvalue weighted by molar-refractivity contribution is -0.135. The van der Waals surface area contributed by atoms with Crippen molar-refractivity contribution in [1.29, 1.82) is 0 Å². The smallest absolute Gasteiger partial charge is 0.224 e. The number of rotatable bonds is 5. The van der Waals surface area contributed by atoms with E-state index in [9.17, 15) is 9.59 Å². The van der Waals surface area contributed by atoms with E-state index in [1.807, 2.05) is 18.7 Å². The molecule has 1 unspecified atom stereocenters. The second-order valence-electron chi connectivity index (χ2n) is 4.72. The van der Waals surface area contributed by atoms with Crippen LogP contribution in [0.4, 0.5) is 0 Å². The molecule has 1 heterocycles. The number of likely N-dealkylation sites (tertiary alicyclic amines) is 1. The van der Waals surface area contributed by atoms with Crippen molar-refractivity contribution < 1.29 is 9.59 Å². The Morgan fingerprint density at radius 2 is 2.00 bits per heavy atom.